The number of ether oxygens (including phenoxy) is 1. The molecule has 31 heavy (non-hydrogen) atoms. The molecule has 2 rings (SSSR count). The van der Waals surface area contributed by atoms with Gasteiger partial charge >= 0.3 is 0 Å². The lowest BCUT2D eigenvalue weighted by Crippen LogP contribution is -2.27. The molecular weight excluding hydrogens is 388 g/mol. The summed E-state index contributed by atoms with van der Waals surface area (Å²) >= 11 is 0. The van der Waals surface area contributed by atoms with E-state index >= 15 is 0 Å². The molecule has 0 aliphatic heterocycles. The van der Waals surface area contributed by atoms with Crippen molar-refractivity contribution in [2.24, 2.45) is 0 Å². The quantitative estimate of drug-likeness (QED) is 0.281. The zero-order valence-electron chi connectivity index (χ0n) is 18.4. The molecule has 0 saturated heterocycles. The summed E-state index contributed by atoms with van der Waals surface area (Å²) in [5.74, 6) is 0.853. The Morgan fingerprint density at radius 2 is 1.42 bits per heavy atom. The first-order chi connectivity index (χ1) is 15.0. The molecule has 0 radical (unpaired) electrons. The molecule has 0 aromatic heterocycles. The van der Waals surface area contributed by atoms with E-state index in [2.05, 4.69) is 25.3 Å². The molecule has 3 N–H and O–H groups in total. The number of aliphatic hydroxyl groups excluding tert-OH is 2. The number of rotatable bonds is 15. The molecular formula is C27H36O4. The van der Waals surface area contributed by atoms with Gasteiger partial charge in [0.25, 0.3) is 0 Å². The summed E-state index contributed by atoms with van der Waals surface area (Å²) in [6.07, 6.45) is 8.93. The van der Waals surface area contributed by atoms with Gasteiger partial charge in [0.2, 0.25) is 0 Å². The van der Waals surface area contributed by atoms with Crippen LogP contribution in [-0.4, -0.2) is 27.5 Å². The van der Waals surface area contributed by atoms with Crippen molar-refractivity contribution < 1.29 is 20.1 Å². The fourth-order valence-corrected chi connectivity index (χ4v) is 3.75. The standard InChI is InChI=1S/C27H36O4/c1-3-15-27(30,16-4-2)17-5-6-18-31-26-13-10-22(11-14-26)7-8-23-9-12-24(20-28)25(19-23)21-29/h3-4,9-14,19,28-30H,1-2,5-8,15-18,20-21H2. The molecule has 0 amide bonds. The van der Waals surface area contributed by atoms with Crippen LogP contribution in [-0.2, 0) is 26.1 Å². The van der Waals surface area contributed by atoms with Gasteiger partial charge in [0, 0.05) is 0 Å². The topological polar surface area (TPSA) is 69.9 Å². The van der Waals surface area contributed by atoms with Crippen LogP contribution in [0.3, 0.4) is 0 Å². The fraction of sp³-hybridized carbons (Fsp3) is 0.407. The molecule has 0 spiro atoms. The van der Waals surface area contributed by atoms with Crippen molar-refractivity contribution in [3.63, 3.8) is 0 Å². The third kappa shape index (κ3) is 8.33. The van der Waals surface area contributed by atoms with Gasteiger partial charge in [-0.25, -0.2) is 0 Å². The van der Waals surface area contributed by atoms with Crippen LogP contribution >= 0.6 is 0 Å². The number of aryl methyl sites for hydroxylation is 2. The number of unbranched alkanes of at least 4 members (excludes halogenated alkanes) is 1. The zero-order chi connectivity index (χ0) is 22.5. The van der Waals surface area contributed by atoms with Gasteiger partial charge in [-0.2, -0.15) is 0 Å². The first-order valence-electron chi connectivity index (χ1n) is 11.0. The van der Waals surface area contributed by atoms with Gasteiger partial charge in [0.05, 0.1) is 25.4 Å². The average Bonchev–Trinajstić information content (AvgIpc) is 2.78. The van der Waals surface area contributed by atoms with Gasteiger partial charge in [0.15, 0.2) is 0 Å². The van der Waals surface area contributed by atoms with Gasteiger partial charge in [-0.05, 0) is 79.3 Å². The van der Waals surface area contributed by atoms with E-state index in [1.54, 1.807) is 12.2 Å². The van der Waals surface area contributed by atoms with Crippen molar-refractivity contribution >= 4 is 0 Å². The summed E-state index contributed by atoms with van der Waals surface area (Å²) in [5, 5.41) is 29.3. The Bertz CT molecular complexity index is 800. The van der Waals surface area contributed by atoms with E-state index in [4.69, 9.17) is 4.74 Å². The molecule has 2 aromatic rings. The number of aliphatic hydroxyl groups is 3. The van der Waals surface area contributed by atoms with Crippen LogP contribution in [0.5, 0.6) is 5.75 Å². The predicted octanol–water partition coefficient (Wildman–Crippen LogP) is 4.89. The lowest BCUT2D eigenvalue weighted by molar-refractivity contribution is 0.0340. The average molecular weight is 425 g/mol. The van der Waals surface area contributed by atoms with E-state index in [0.717, 1.165) is 48.1 Å². The Labute approximate surface area is 186 Å². The number of hydrogen-bond acceptors (Lipinski definition) is 4. The maximum Gasteiger partial charge on any atom is 0.119 e. The van der Waals surface area contributed by atoms with E-state index in [1.165, 1.54) is 5.56 Å². The van der Waals surface area contributed by atoms with Gasteiger partial charge in [-0.15, -0.1) is 13.2 Å². The normalized spacial score (nSPS) is 11.3. The minimum atomic E-state index is -0.735. The highest BCUT2D eigenvalue weighted by Gasteiger charge is 2.22. The molecule has 4 heteroatoms. The van der Waals surface area contributed by atoms with Crippen molar-refractivity contribution in [1.29, 1.82) is 0 Å². The SMILES string of the molecule is C=CCC(O)(CC=C)CCCCOc1ccc(CCc2ccc(CO)c(CO)c2)cc1. The van der Waals surface area contributed by atoms with Gasteiger partial charge in [-0.3, -0.25) is 0 Å². The Morgan fingerprint density at radius 1 is 0.806 bits per heavy atom. The van der Waals surface area contributed by atoms with E-state index in [1.807, 2.05) is 30.3 Å². The van der Waals surface area contributed by atoms with Crippen LogP contribution in [0.2, 0.25) is 0 Å². The summed E-state index contributed by atoms with van der Waals surface area (Å²) in [6.45, 7) is 7.96. The molecule has 0 heterocycles. The molecule has 0 aliphatic carbocycles. The van der Waals surface area contributed by atoms with Gasteiger partial charge in [-0.1, -0.05) is 42.5 Å². The van der Waals surface area contributed by atoms with E-state index in [-0.39, 0.29) is 13.2 Å². The zero-order valence-corrected chi connectivity index (χ0v) is 18.4. The summed E-state index contributed by atoms with van der Waals surface area (Å²) in [6, 6.07) is 14.0. The monoisotopic (exact) mass is 424 g/mol. The second-order valence-electron chi connectivity index (χ2n) is 8.08. The first kappa shape index (κ1) is 24.9. The second kappa shape index (κ2) is 13.1. The molecule has 0 saturated carbocycles. The molecule has 0 fully saturated rings. The predicted molar refractivity (Wildman–Crippen MR) is 126 cm³/mol. The Balaban J connectivity index is 1.74. The van der Waals surface area contributed by atoms with Gasteiger partial charge in [0.1, 0.15) is 5.75 Å². The number of hydrogen-bond donors (Lipinski definition) is 3. The highest BCUT2D eigenvalue weighted by Crippen LogP contribution is 2.24. The van der Waals surface area contributed by atoms with E-state index in [9.17, 15) is 15.3 Å². The van der Waals surface area contributed by atoms with Crippen LogP contribution < -0.4 is 4.74 Å². The molecule has 0 atom stereocenters. The minimum Gasteiger partial charge on any atom is -0.494 e. The fourth-order valence-electron chi connectivity index (χ4n) is 3.75. The smallest absolute Gasteiger partial charge is 0.119 e. The molecule has 4 nitrogen and oxygen atoms in total. The Hall–Kier alpha value is -2.40. The van der Waals surface area contributed by atoms with Gasteiger partial charge < -0.3 is 20.1 Å². The maximum atomic E-state index is 10.5. The van der Waals surface area contributed by atoms with Crippen molar-refractivity contribution in [3.8, 4) is 5.75 Å². The third-order valence-corrected chi connectivity index (χ3v) is 5.59. The highest BCUT2D eigenvalue weighted by molar-refractivity contribution is 5.33. The maximum absolute atomic E-state index is 10.5. The molecule has 0 bridgehead atoms. The third-order valence-electron chi connectivity index (χ3n) is 5.59. The lowest BCUT2D eigenvalue weighted by Gasteiger charge is -2.25. The summed E-state index contributed by atoms with van der Waals surface area (Å²) < 4.78 is 5.84. The largest absolute Gasteiger partial charge is 0.494 e. The first-order valence-corrected chi connectivity index (χ1v) is 11.0. The molecule has 168 valence electrons. The van der Waals surface area contributed by atoms with Crippen molar-refractivity contribution in [1.82, 2.24) is 0 Å². The van der Waals surface area contributed by atoms with Crippen LogP contribution in [0.25, 0.3) is 0 Å². The summed E-state index contributed by atoms with van der Waals surface area (Å²) in [7, 11) is 0. The lowest BCUT2D eigenvalue weighted by atomic mass is 9.90. The molecule has 0 unspecified atom stereocenters. The van der Waals surface area contributed by atoms with Crippen molar-refractivity contribution in [2.45, 2.75) is 63.8 Å². The summed E-state index contributed by atoms with van der Waals surface area (Å²) in [4.78, 5) is 0. The van der Waals surface area contributed by atoms with Crippen molar-refractivity contribution in [3.05, 3.63) is 90.0 Å². The van der Waals surface area contributed by atoms with Crippen LogP contribution in [0, 0.1) is 0 Å². The highest BCUT2D eigenvalue weighted by atomic mass is 16.5. The Morgan fingerprint density at radius 3 is 2.03 bits per heavy atom. The van der Waals surface area contributed by atoms with E-state index < -0.39 is 5.60 Å². The second-order valence-corrected chi connectivity index (χ2v) is 8.08. The molecule has 0 aliphatic rings. The molecule has 2 aromatic carbocycles. The Kier molecular flexibility index (Phi) is 10.5. The van der Waals surface area contributed by atoms with E-state index in [0.29, 0.717) is 25.9 Å². The van der Waals surface area contributed by atoms with Crippen LogP contribution in [0.1, 0.15) is 54.4 Å². The summed E-state index contributed by atoms with van der Waals surface area (Å²) in [5.41, 5.74) is 3.20. The minimum absolute atomic E-state index is 0.0534. The van der Waals surface area contributed by atoms with Crippen LogP contribution in [0.15, 0.2) is 67.8 Å². The van der Waals surface area contributed by atoms with Crippen molar-refractivity contribution in [2.75, 3.05) is 6.61 Å². The van der Waals surface area contributed by atoms with Crippen LogP contribution in [0.4, 0.5) is 0 Å². The number of benzene rings is 2.